The van der Waals surface area contributed by atoms with Crippen molar-refractivity contribution in [3.63, 3.8) is 0 Å². The van der Waals surface area contributed by atoms with E-state index in [1.807, 2.05) is 0 Å². The van der Waals surface area contributed by atoms with Crippen LogP contribution >= 0.6 is 0 Å². The zero-order valence-electron chi connectivity index (χ0n) is 7.58. The first kappa shape index (κ1) is 7.34. The van der Waals surface area contributed by atoms with Crippen molar-refractivity contribution in [1.82, 2.24) is 4.90 Å². The Morgan fingerprint density at radius 2 is 2.00 bits per heavy atom. The summed E-state index contributed by atoms with van der Waals surface area (Å²) in [7, 11) is 0. The molecule has 12 heavy (non-hydrogen) atoms. The predicted octanol–water partition coefficient (Wildman–Crippen LogP) is 0.818. The summed E-state index contributed by atoms with van der Waals surface area (Å²) in [5, 5.41) is 0. The molecule has 3 aliphatic rings. The second-order valence-corrected chi connectivity index (χ2v) is 4.87. The average molecular weight is 166 g/mol. The summed E-state index contributed by atoms with van der Waals surface area (Å²) in [5.41, 5.74) is 5.79. The summed E-state index contributed by atoms with van der Waals surface area (Å²) >= 11 is 0. The summed E-state index contributed by atoms with van der Waals surface area (Å²) < 4.78 is 0. The van der Waals surface area contributed by atoms with Gasteiger partial charge in [-0.05, 0) is 24.7 Å². The van der Waals surface area contributed by atoms with Gasteiger partial charge in [0, 0.05) is 25.2 Å². The van der Waals surface area contributed by atoms with E-state index in [2.05, 4.69) is 4.90 Å². The third-order valence-corrected chi connectivity index (χ3v) is 3.95. The zero-order valence-corrected chi connectivity index (χ0v) is 7.58. The van der Waals surface area contributed by atoms with Gasteiger partial charge in [-0.25, -0.2) is 0 Å². The van der Waals surface area contributed by atoms with Crippen LogP contribution in [0.4, 0.5) is 0 Å². The molecule has 2 N–H and O–H groups in total. The van der Waals surface area contributed by atoms with Crippen LogP contribution < -0.4 is 5.73 Å². The number of fused-ring (bicyclic) bond motifs is 1. The Balaban J connectivity index is 1.61. The van der Waals surface area contributed by atoms with Crippen LogP contribution in [0, 0.1) is 11.8 Å². The van der Waals surface area contributed by atoms with E-state index in [1.165, 1.54) is 38.8 Å². The highest BCUT2D eigenvalue weighted by atomic mass is 15.3. The van der Waals surface area contributed by atoms with Crippen LogP contribution in [0.15, 0.2) is 0 Å². The molecule has 3 atom stereocenters. The molecule has 1 saturated heterocycles. The Kier molecular flexibility index (Phi) is 1.50. The Hall–Kier alpha value is -0.0800. The van der Waals surface area contributed by atoms with Gasteiger partial charge in [0.2, 0.25) is 0 Å². The standard InChI is InChI=1S/C10H18N2/c11-8-5-12(6-8)10-3-1-2-7-4-9(7)10/h7-10H,1-6,11H2. The molecule has 68 valence electrons. The molecule has 3 fully saturated rings. The van der Waals surface area contributed by atoms with Crippen LogP contribution in [0.5, 0.6) is 0 Å². The molecule has 2 heteroatoms. The molecule has 0 bridgehead atoms. The van der Waals surface area contributed by atoms with Gasteiger partial charge in [0.05, 0.1) is 0 Å². The molecular formula is C10H18N2. The largest absolute Gasteiger partial charge is 0.325 e. The molecule has 3 unspecified atom stereocenters. The highest BCUT2D eigenvalue weighted by Gasteiger charge is 2.48. The van der Waals surface area contributed by atoms with Crippen LogP contribution in [0.1, 0.15) is 25.7 Å². The van der Waals surface area contributed by atoms with Gasteiger partial charge >= 0.3 is 0 Å². The third kappa shape index (κ3) is 1.01. The molecule has 0 aromatic rings. The van der Waals surface area contributed by atoms with Crippen molar-refractivity contribution in [1.29, 1.82) is 0 Å². The second-order valence-electron chi connectivity index (χ2n) is 4.87. The normalized spacial score (nSPS) is 48.2. The first-order valence-corrected chi connectivity index (χ1v) is 5.34. The number of nitrogens with zero attached hydrogens (tertiary/aromatic N) is 1. The lowest BCUT2D eigenvalue weighted by Gasteiger charge is -2.44. The van der Waals surface area contributed by atoms with Gasteiger partial charge in [0.25, 0.3) is 0 Å². The summed E-state index contributed by atoms with van der Waals surface area (Å²) in [4.78, 5) is 2.62. The number of hydrogen-bond donors (Lipinski definition) is 1. The molecule has 0 spiro atoms. The molecule has 0 radical (unpaired) electrons. The monoisotopic (exact) mass is 166 g/mol. The molecule has 0 aromatic heterocycles. The fourth-order valence-corrected chi connectivity index (χ4v) is 3.15. The first-order chi connectivity index (χ1) is 5.84. The van der Waals surface area contributed by atoms with E-state index in [-0.39, 0.29) is 0 Å². The maximum Gasteiger partial charge on any atom is 0.0297 e. The van der Waals surface area contributed by atoms with E-state index < -0.39 is 0 Å². The van der Waals surface area contributed by atoms with Crippen LogP contribution in [-0.2, 0) is 0 Å². The van der Waals surface area contributed by atoms with Crippen LogP contribution in [0.3, 0.4) is 0 Å². The lowest BCUT2D eigenvalue weighted by atomic mass is 9.91. The van der Waals surface area contributed by atoms with Crippen molar-refractivity contribution in [2.24, 2.45) is 17.6 Å². The lowest BCUT2D eigenvalue weighted by molar-refractivity contribution is 0.0630. The SMILES string of the molecule is NC1CN(C2CCCC3CC32)C1. The fraction of sp³-hybridized carbons (Fsp3) is 1.00. The molecule has 2 aliphatic carbocycles. The molecule has 1 heterocycles. The van der Waals surface area contributed by atoms with Crippen molar-refractivity contribution in [3.8, 4) is 0 Å². The quantitative estimate of drug-likeness (QED) is 0.625. The first-order valence-electron chi connectivity index (χ1n) is 5.34. The Labute approximate surface area is 74.1 Å². The molecule has 0 amide bonds. The van der Waals surface area contributed by atoms with Crippen molar-refractivity contribution >= 4 is 0 Å². The van der Waals surface area contributed by atoms with Crippen LogP contribution in [0.25, 0.3) is 0 Å². The molecule has 0 aromatic carbocycles. The Morgan fingerprint density at radius 1 is 1.17 bits per heavy atom. The van der Waals surface area contributed by atoms with Crippen LogP contribution in [-0.4, -0.2) is 30.1 Å². The molecule has 2 nitrogen and oxygen atoms in total. The van der Waals surface area contributed by atoms with Gasteiger partial charge in [-0.15, -0.1) is 0 Å². The number of rotatable bonds is 1. The van der Waals surface area contributed by atoms with Gasteiger partial charge in [0.15, 0.2) is 0 Å². The van der Waals surface area contributed by atoms with E-state index in [0.29, 0.717) is 6.04 Å². The third-order valence-electron chi connectivity index (χ3n) is 3.95. The van der Waals surface area contributed by atoms with E-state index in [4.69, 9.17) is 5.73 Å². The van der Waals surface area contributed by atoms with Crippen molar-refractivity contribution in [2.75, 3.05) is 13.1 Å². The minimum atomic E-state index is 0.490. The van der Waals surface area contributed by atoms with Crippen molar-refractivity contribution < 1.29 is 0 Å². The van der Waals surface area contributed by atoms with E-state index in [1.54, 1.807) is 0 Å². The van der Waals surface area contributed by atoms with Crippen molar-refractivity contribution in [2.45, 2.75) is 37.8 Å². The van der Waals surface area contributed by atoms with Gasteiger partial charge in [-0.3, -0.25) is 4.90 Å². The average Bonchev–Trinajstić information content (AvgIpc) is 2.76. The van der Waals surface area contributed by atoms with Gasteiger partial charge in [-0.2, -0.15) is 0 Å². The maximum atomic E-state index is 5.79. The number of likely N-dealkylation sites (tertiary alicyclic amines) is 1. The summed E-state index contributed by atoms with van der Waals surface area (Å²) in [5.74, 6) is 2.19. The zero-order chi connectivity index (χ0) is 8.13. The summed E-state index contributed by atoms with van der Waals surface area (Å²) in [6.07, 6.45) is 5.96. The highest BCUT2D eigenvalue weighted by molar-refractivity contribution is 5.02. The van der Waals surface area contributed by atoms with Gasteiger partial charge < -0.3 is 5.73 Å². The Morgan fingerprint density at radius 3 is 2.75 bits per heavy atom. The molecule has 2 saturated carbocycles. The van der Waals surface area contributed by atoms with Crippen LogP contribution in [0.2, 0.25) is 0 Å². The minimum Gasteiger partial charge on any atom is -0.325 e. The summed E-state index contributed by atoms with van der Waals surface area (Å²) in [6, 6.07) is 1.42. The summed E-state index contributed by atoms with van der Waals surface area (Å²) in [6.45, 7) is 2.35. The molecule has 3 rings (SSSR count). The molecule has 1 aliphatic heterocycles. The topological polar surface area (TPSA) is 29.3 Å². The van der Waals surface area contributed by atoms with Gasteiger partial charge in [0.1, 0.15) is 0 Å². The number of nitrogens with two attached hydrogens (primary N) is 1. The van der Waals surface area contributed by atoms with E-state index >= 15 is 0 Å². The second kappa shape index (κ2) is 2.46. The van der Waals surface area contributed by atoms with E-state index in [0.717, 1.165) is 17.9 Å². The highest BCUT2D eigenvalue weighted by Crippen LogP contribution is 2.51. The minimum absolute atomic E-state index is 0.490. The lowest BCUT2D eigenvalue weighted by Crippen LogP contribution is -2.60. The van der Waals surface area contributed by atoms with Crippen molar-refractivity contribution in [3.05, 3.63) is 0 Å². The molecular weight excluding hydrogens is 148 g/mol. The Bertz CT molecular complexity index is 186. The maximum absolute atomic E-state index is 5.79. The van der Waals surface area contributed by atoms with E-state index in [9.17, 15) is 0 Å². The van der Waals surface area contributed by atoms with Gasteiger partial charge in [-0.1, -0.05) is 12.8 Å². The fourth-order valence-electron chi connectivity index (χ4n) is 3.15. The smallest absolute Gasteiger partial charge is 0.0297 e. The predicted molar refractivity (Wildman–Crippen MR) is 48.8 cm³/mol. The number of hydrogen-bond acceptors (Lipinski definition) is 2.